The van der Waals surface area contributed by atoms with Crippen molar-refractivity contribution in [1.29, 1.82) is 0 Å². The van der Waals surface area contributed by atoms with Crippen molar-refractivity contribution in [3.05, 3.63) is 59.7 Å². The zero-order chi connectivity index (χ0) is 16.8. The predicted molar refractivity (Wildman–Crippen MR) is 83.7 cm³/mol. The van der Waals surface area contributed by atoms with Crippen LogP contribution >= 0.6 is 0 Å². The summed E-state index contributed by atoms with van der Waals surface area (Å²) in [4.78, 5) is 11.8. The maximum atomic E-state index is 11.8. The number of benzene rings is 2. The first-order valence-corrected chi connectivity index (χ1v) is 7.13. The summed E-state index contributed by atoms with van der Waals surface area (Å²) in [5, 5.41) is 28.6. The van der Waals surface area contributed by atoms with E-state index in [4.69, 9.17) is 10.5 Å². The van der Waals surface area contributed by atoms with Crippen molar-refractivity contribution in [2.45, 2.75) is 18.6 Å². The number of aliphatic hydroxyl groups excluding tert-OH is 1. The highest BCUT2D eigenvalue weighted by Gasteiger charge is 2.16. The van der Waals surface area contributed by atoms with Crippen LogP contribution in [0.25, 0.3) is 0 Å². The number of ether oxygens (including phenoxy) is 1. The molecule has 0 bridgehead atoms. The van der Waals surface area contributed by atoms with E-state index in [1.165, 1.54) is 18.2 Å². The van der Waals surface area contributed by atoms with Gasteiger partial charge in [0, 0.05) is 6.04 Å². The molecule has 0 radical (unpaired) electrons. The molecule has 0 saturated carbocycles. The summed E-state index contributed by atoms with van der Waals surface area (Å²) in [5.41, 5.74) is 7.04. The number of rotatable bonds is 6. The van der Waals surface area contributed by atoms with E-state index in [-0.39, 0.29) is 24.5 Å². The first kappa shape index (κ1) is 16.8. The molecule has 2 rings (SSSR count). The van der Waals surface area contributed by atoms with E-state index in [1.54, 1.807) is 24.3 Å². The van der Waals surface area contributed by atoms with Crippen LogP contribution in [-0.4, -0.2) is 27.9 Å². The molecule has 0 aliphatic carbocycles. The third kappa shape index (κ3) is 4.70. The molecule has 0 aromatic heterocycles. The molecular weight excluding hydrogens is 298 g/mol. The molecule has 2 aromatic carbocycles. The van der Waals surface area contributed by atoms with Crippen LogP contribution in [0.4, 0.5) is 0 Å². The predicted octanol–water partition coefficient (Wildman–Crippen LogP) is 1.76. The quantitative estimate of drug-likeness (QED) is 0.477. The van der Waals surface area contributed by atoms with Gasteiger partial charge in [-0.15, -0.1) is 0 Å². The Labute approximate surface area is 133 Å². The van der Waals surface area contributed by atoms with Gasteiger partial charge in [-0.3, -0.25) is 4.79 Å². The summed E-state index contributed by atoms with van der Waals surface area (Å²) in [6, 6.07) is 12.3. The average molecular weight is 317 g/mol. The van der Waals surface area contributed by atoms with Gasteiger partial charge in [0.2, 0.25) is 0 Å². The summed E-state index contributed by atoms with van der Waals surface area (Å²) in [6.45, 7) is -0.156. The lowest BCUT2D eigenvalue weighted by Crippen LogP contribution is -2.19. The van der Waals surface area contributed by atoms with E-state index in [1.807, 2.05) is 6.07 Å². The molecule has 5 N–H and O–H groups in total. The van der Waals surface area contributed by atoms with Gasteiger partial charge in [0.25, 0.3) is 0 Å². The number of nitrogens with two attached hydrogens (primary N) is 1. The zero-order valence-electron chi connectivity index (χ0n) is 12.4. The van der Waals surface area contributed by atoms with Crippen LogP contribution in [0.2, 0.25) is 0 Å². The van der Waals surface area contributed by atoms with Crippen LogP contribution in [0.3, 0.4) is 0 Å². The minimum atomic E-state index is -0.894. The first-order valence-electron chi connectivity index (χ1n) is 7.13. The van der Waals surface area contributed by atoms with Gasteiger partial charge in [0.05, 0.1) is 6.42 Å². The minimum absolute atomic E-state index is 0.105. The number of hydrogen-bond donors (Lipinski definition) is 4. The molecule has 0 heterocycles. The lowest BCUT2D eigenvalue weighted by atomic mass is 10.0. The van der Waals surface area contributed by atoms with Crippen molar-refractivity contribution in [3.63, 3.8) is 0 Å². The van der Waals surface area contributed by atoms with Gasteiger partial charge in [-0.05, 0) is 23.3 Å². The fourth-order valence-electron chi connectivity index (χ4n) is 2.07. The fraction of sp³-hybridized carbons (Fsp3) is 0.235. The minimum Gasteiger partial charge on any atom is -0.504 e. The van der Waals surface area contributed by atoms with E-state index < -0.39 is 18.1 Å². The largest absolute Gasteiger partial charge is 0.504 e. The molecule has 122 valence electrons. The number of phenols is 2. The van der Waals surface area contributed by atoms with Crippen LogP contribution in [0.5, 0.6) is 11.5 Å². The Kier molecular flexibility index (Phi) is 5.56. The molecule has 2 atom stereocenters. The van der Waals surface area contributed by atoms with Crippen molar-refractivity contribution in [2.24, 2.45) is 5.73 Å². The van der Waals surface area contributed by atoms with Crippen LogP contribution < -0.4 is 5.73 Å². The third-order valence-corrected chi connectivity index (χ3v) is 3.40. The number of phenolic OH excluding ortho intramolecular Hbond substituents is 2. The van der Waals surface area contributed by atoms with Gasteiger partial charge in [-0.1, -0.05) is 36.4 Å². The highest BCUT2D eigenvalue weighted by atomic mass is 16.5. The van der Waals surface area contributed by atoms with E-state index in [9.17, 15) is 20.1 Å². The molecule has 0 amide bonds. The molecule has 0 spiro atoms. The van der Waals surface area contributed by atoms with Crippen LogP contribution in [0.1, 0.15) is 29.7 Å². The lowest BCUT2D eigenvalue weighted by molar-refractivity contribution is -0.147. The molecule has 0 unspecified atom stereocenters. The fourth-order valence-corrected chi connectivity index (χ4v) is 2.07. The van der Waals surface area contributed by atoms with Crippen molar-refractivity contribution in [3.8, 4) is 11.5 Å². The molecule has 2 aromatic rings. The maximum Gasteiger partial charge on any atom is 0.307 e. The Hall–Kier alpha value is -2.57. The number of carbonyl (C=O) groups is 1. The van der Waals surface area contributed by atoms with E-state index >= 15 is 0 Å². The Morgan fingerprint density at radius 1 is 1.04 bits per heavy atom. The van der Waals surface area contributed by atoms with Crippen molar-refractivity contribution in [2.75, 3.05) is 6.61 Å². The SMILES string of the molecule is N[C@@H](CC(=O)OC[C@H](O)c1ccccc1)c1ccc(O)c(O)c1. The standard InChI is InChI=1S/C17H19NO5/c18-13(12-6-7-14(19)15(20)8-12)9-17(22)23-10-16(21)11-4-2-1-3-5-11/h1-8,13,16,19-21H,9-10,18H2/t13-,16-/m0/s1. The number of aromatic hydroxyl groups is 2. The molecular formula is C17H19NO5. The monoisotopic (exact) mass is 317 g/mol. The normalized spacial score (nSPS) is 13.3. The summed E-state index contributed by atoms with van der Waals surface area (Å²) < 4.78 is 5.02. The molecule has 0 aliphatic rings. The van der Waals surface area contributed by atoms with Gasteiger partial charge in [-0.25, -0.2) is 0 Å². The second-order valence-corrected chi connectivity index (χ2v) is 5.17. The van der Waals surface area contributed by atoms with Crippen LogP contribution in [-0.2, 0) is 9.53 Å². The third-order valence-electron chi connectivity index (χ3n) is 3.40. The van der Waals surface area contributed by atoms with Crippen molar-refractivity contribution >= 4 is 5.97 Å². The van der Waals surface area contributed by atoms with Gasteiger partial charge in [0.15, 0.2) is 11.5 Å². The Morgan fingerprint density at radius 2 is 1.74 bits per heavy atom. The molecule has 0 saturated heterocycles. The smallest absolute Gasteiger partial charge is 0.307 e. The molecule has 6 nitrogen and oxygen atoms in total. The maximum absolute atomic E-state index is 11.8. The highest BCUT2D eigenvalue weighted by molar-refractivity contribution is 5.70. The van der Waals surface area contributed by atoms with Crippen LogP contribution in [0, 0.1) is 0 Å². The van der Waals surface area contributed by atoms with Crippen molar-refractivity contribution < 1.29 is 24.9 Å². The molecule has 0 fully saturated rings. The molecule has 0 aliphatic heterocycles. The van der Waals surface area contributed by atoms with Gasteiger partial charge >= 0.3 is 5.97 Å². The van der Waals surface area contributed by atoms with E-state index in [0.717, 1.165) is 0 Å². The summed E-state index contributed by atoms with van der Waals surface area (Å²) in [6.07, 6.45) is -1.000. The topological polar surface area (TPSA) is 113 Å². The first-order chi connectivity index (χ1) is 11.0. The number of hydrogen-bond acceptors (Lipinski definition) is 6. The summed E-state index contributed by atoms with van der Waals surface area (Å²) >= 11 is 0. The number of aliphatic hydroxyl groups is 1. The zero-order valence-corrected chi connectivity index (χ0v) is 12.4. The molecule has 23 heavy (non-hydrogen) atoms. The van der Waals surface area contributed by atoms with E-state index in [2.05, 4.69) is 0 Å². The van der Waals surface area contributed by atoms with Gasteiger partial charge < -0.3 is 25.8 Å². The number of esters is 1. The molecule has 6 heteroatoms. The van der Waals surface area contributed by atoms with Gasteiger partial charge in [-0.2, -0.15) is 0 Å². The summed E-state index contributed by atoms with van der Waals surface area (Å²) in [5.74, 6) is -1.11. The Balaban J connectivity index is 1.85. The highest BCUT2D eigenvalue weighted by Crippen LogP contribution is 2.28. The second-order valence-electron chi connectivity index (χ2n) is 5.17. The van der Waals surface area contributed by atoms with Crippen LogP contribution in [0.15, 0.2) is 48.5 Å². The van der Waals surface area contributed by atoms with Crippen molar-refractivity contribution in [1.82, 2.24) is 0 Å². The average Bonchev–Trinajstić information content (AvgIpc) is 2.55. The van der Waals surface area contributed by atoms with Gasteiger partial charge in [0.1, 0.15) is 12.7 Å². The lowest BCUT2D eigenvalue weighted by Gasteiger charge is -2.14. The number of carbonyl (C=O) groups excluding carboxylic acids is 1. The van der Waals surface area contributed by atoms with E-state index in [0.29, 0.717) is 11.1 Å². The Morgan fingerprint density at radius 3 is 2.39 bits per heavy atom. The second kappa shape index (κ2) is 7.62. The Bertz CT molecular complexity index is 659. The summed E-state index contributed by atoms with van der Waals surface area (Å²) in [7, 11) is 0.